The summed E-state index contributed by atoms with van der Waals surface area (Å²) in [5.74, 6) is 1.03. The summed E-state index contributed by atoms with van der Waals surface area (Å²) in [5, 5.41) is 4.47. The number of rotatable bonds is 8. The second-order valence-corrected chi connectivity index (χ2v) is 7.23. The molecular formula is C21H21ClN2S. The molecule has 1 aromatic heterocycles. The second-order valence-electron chi connectivity index (χ2n) is 5.68. The fourth-order valence-electron chi connectivity index (χ4n) is 2.65. The summed E-state index contributed by atoms with van der Waals surface area (Å²) in [6.45, 7) is 0.924. The topological polar surface area (TPSA) is 24.9 Å². The van der Waals surface area contributed by atoms with E-state index in [1.807, 2.05) is 42.6 Å². The molecule has 0 amide bonds. The van der Waals surface area contributed by atoms with Gasteiger partial charge >= 0.3 is 0 Å². The van der Waals surface area contributed by atoms with E-state index in [9.17, 15) is 0 Å². The minimum atomic E-state index is 0.118. The maximum atomic E-state index is 6.20. The highest BCUT2D eigenvalue weighted by Crippen LogP contribution is 2.27. The van der Waals surface area contributed by atoms with Crippen LogP contribution in [0.15, 0.2) is 83.9 Å². The molecule has 0 bridgehead atoms. The molecule has 3 rings (SSSR count). The monoisotopic (exact) mass is 368 g/mol. The van der Waals surface area contributed by atoms with Crippen LogP contribution >= 0.6 is 23.4 Å². The Kier molecular flexibility index (Phi) is 6.92. The first-order valence-corrected chi connectivity index (χ1v) is 9.77. The van der Waals surface area contributed by atoms with Gasteiger partial charge in [-0.3, -0.25) is 4.98 Å². The zero-order chi connectivity index (χ0) is 17.3. The molecule has 2 nitrogen and oxygen atoms in total. The molecule has 2 aromatic carbocycles. The van der Waals surface area contributed by atoms with Crippen LogP contribution in [0.3, 0.4) is 0 Å². The minimum Gasteiger partial charge on any atom is -0.305 e. The number of benzene rings is 2. The molecule has 1 atom stereocenters. The van der Waals surface area contributed by atoms with Crippen LogP contribution in [0.4, 0.5) is 0 Å². The van der Waals surface area contributed by atoms with Gasteiger partial charge in [0, 0.05) is 11.1 Å². The van der Waals surface area contributed by atoms with Crippen molar-refractivity contribution >= 4 is 23.4 Å². The van der Waals surface area contributed by atoms with Crippen molar-refractivity contribution in [2.24, 2.45) is 0 Å². The Bertz CT molecular complexity index is 726. The summed E-state index contributed by atoms with van der Waals surface area (Å²) in [5.41, 5.74) is 2.28. The van der Waals surface area contributed by atoms with E-state index in [2.05, 4.69) is 46.7 Å². The molecule has 3 aromatic rings. The maximum Gasteiger partial charge on any atom is 0.0751 e. The van der Waals surface area contributed by atoms with Crippen LogP contribution in [-0.4, -0.2) is 17.3 Å². The Labute approximate surface area is 158 Å². The van der Waals surface area contributed by atoms with Crippen molar-refractivity contribution in [2.75, 3.05) is 12.3 Å². The molecule has 0 saturated heterocycles. The van der Waals surface area contributed by atoms with E-state index < -0.39 is 0 Å². The van der Waals surface area contributed by atoms with Gasteiger partial charge in [-0.05, 0) is 48.5 Å². The number of halogens is 1. The fraction of sp³-hybridized carbons (Fsp3) is 0.190. The Morgan fingerprint density at radius 3 is 2.44 bits per heavy atom. The van der Waals surface area contributed by atoms with Gasteiger partial charge in [-0.25, -0.2) is 0 Å². The van der Waals surface area contributed by atoms with Gasteiger partial charge in [-0.15, -0.1) is 11.8 Å². The Morgan fingerprint density at radius 1 is 0.920 bits per heavy atom. The van der Waals surface area contributed by atoms with Gasteiger partial charge in [0.2, 0.25) is 0 Å². The van der Waals surface area contributed by atoms with E-state index in [1.165, 1.54) is 5.56 Å². The molecule has 0 saturated carbocycles. The van der Waals surface area contributed by atoms with Crippen molar-refractivity contribution in [1.29, 1.82) is 0 Å². The lowest BCUT2D eigenvalue weighted by atomic mass is 10.0. The summed E-state index contributed by atoms with van der Waals surface area (Å²) in [4.78, 5) is 5.68. The lowest BCUT2D eigenvalue weighted by molar-refractivity contribution is 0.588. The van der Waals surface area contributed by atoms with Crippen molar-refractivity contribution in [2.45, 2.75) is 17.4 Å². The van der Waals surface area contributed by atoms with Crippen LogP contribution in [0.1, 0.15) is 23.7 Å². The van der Waals surface area contributed by atoms with Crippen LogP contribution in [0.2, 0.25) is 5.02 Å². The number of hydrogen-bond donors (Lipinski definition) is 1. The molecule has 25 heavy (non-hydrogen) atoms. The van der Waals surface area contributed by atoms with Gasteiger partial charge in [0.1, 0.15) is 0 Å². The zero-order valence-electron chi connectivity index (χ0n) is 13.9. The number of aromatic nitrogens is 1. The average Bonchev–Trinajstić information content (AvgIpc) is 2.67. The third-order valence-corrected chi connectivity index (χ3v) is 5.48. The van der Waals surface area contributed by atoms with Gasteiger partial charge < -0.3 is 5.32 Å². The van der Waals surface area contributed by atoms with Crippen molar-refractivity contribution in [3.8, 4) is 0 Å². The normalized spacial score (nSPS) is 12.0. The van der Waals surface area contributed by atoms with Gasteiger partial charge in [0.05, 0.1) is 16.8 Å². The third-order valence-electron chi connectivity index (χ3n) is 3.88. The molecule has 0 fully saturated rings. The lowest BCUT2D eigenvalue weighted by Crippen LogP contribution is -2.24. The molecule has 0 aliphatic heterocycles. The average molecular weight is 369 g/mol. The van der Waals surface area contributed by atoms with Gasteiger partial charge in [0.15, 0.2) is 0 Å². The van der Waals surface area contributed by atoms with Crippen LogP contribution in [0, 0.1) is 0 Å². The Balaban J connectivity index is 1.56. The molecular weight excluding hydrogens is 348 g/mol. The first kappa shape index (κ1) is 18.0. The summed E-state index contributed by atoms with van der Waals surface area (Å²) >= 11 is 8.01. The highest BCUT2D eigenvalue weighted by Gasteiger charge is 2.13. The first-order valence-electron chi connectivity index (χ1n) is 8.41. The van der Waals surface area contributed by atoms with Crippen molar-refractivity contribution in [3.63, 3.8) is 0 Å². The lowest BCUT2D eigenvalue weighted by Gasteiger charge is -2.19. The third kappa shape index (κ3) is 5.33. The summed E-state index contributed by atoms with van der Waals surface area (Å²) in [6.07, 6.45) is 2.91. The predicted molar refractivity (Wildman–Crippen MR) is 107 cm³/mol. The molecule has 1 N–H and O–H groups in total. The fourth-order valence-corrected chi connectivity index (χ4v) is 3.84. The SMILES string of the molecule is Clc1ccccc1SCCCNC(c1ccccc1)c1ccccn1. The van der Waals surface area contributed by atoms with E-state index in [0.29, 0.717) is 0 Å². The molecule has 0 radical (unpaired) electrons. The smallest absolute Gasteiger partial charge is 0.0751 e. The van der Waals surface area contributed by atoms with E-state index >= 15 is 0 Å². The standard InChI is InChI=1S/C21H21ClN2S/c22-18-11-4-5-13-20(18)25-16-8-15-24-21(17-9-2-1-3-10-17)19-12-6-7-14-23-19/h1-7,9-14,21,24H,8,15-16H2. The predicted octanol–water partition coefficient (Wildman–Crippen LogP) is 5.60. The molecule has 0 aliphatic rings. The molecule has 1 heterocycles. The maximum absolute atomic E-state index is 6.20. The van der Waals surface area contributed by atoms with E-state index in [-0.39, 0.29) is 6.04 Å². The van der Waals surface area contributed by atoms with Crippen LogP contribution in [0.25, 0.3) is 0 Å². The highest BCUT2D eigenvalue weighted by molar-refractivity contribution is 7.99. The molecule has 4 heteroatoms. The number of nitrogens with zero attached hydrogens (tertiary/aromatic N) is 1. The second kappa shape index (κ2) is 9.62. The van der Waals surface area contributed by atoms with Gasteiger partial charge in [0.25, 0.3) is 0 Å². The van der Waals surface area contributed by atoms with E-state index in [1.54, 1.807) is 11.8 Å². The number of thioether (sulfide) groups is 1. The summed E-state index contributed by atoms with van der Waals surface area (Å²) in [7, 11) is 0. The Hall–Kier alpha value is -1.81. The van der Waals surface area contributed by atoms with Crippen LogP contribution in [0.5, 0.6) is 0 Å². The Morgan fingerprint density at radius 2 is 1.68 bits per heavy atom. The molecule has 0 spiro atoms. The molecule has 0 aliphatic carbocycles. The quantitative estimate of drug-likeness (QED) is 0.414. The molecule has 128 valence electrons. The molecule has 1 unspecified atom stereocenters. The zero-order valence-corrected chi connectivity index (χ0v) is 15.5. The number of nitrogens with one attached hydrogen (secondary N) is 1. The largest absolute Gasteiger partial charge is 0.305 e. The van der Waals surface area contributed by atoms with Crippen molar-refractivity contribution < 1.29 is 0 Å². The van der Waals surface area contributed by atoms with Crippen molar-refractivity contribution in [1.82, 2.24) is 10.3 Å². The minimum absolute atomic E-state index is 0.118. The van der Waals surface area contributed by atoms with E-state index in [0.717, 1.165) is 34.3 Å². The van der Waals surface area contributed by atoms with Gasteiger partial charge in [-0.2, -0.15) is 0 Å². The number of pyridine rings is 1. The summed E-state index contributed by atoms with van der Waals surface area (Å²) < 4.78 is 0. The highest BCUT2D eigenvalue weighted by atomic mass is 35.5. The summed E-state index contributed by atoms with van der Waals surface area (Å²) in [6, 6.07) is 24.6. The van der Waals surface area contributed by atoms with Crippen LogP contribution in [-0.2, 0) is 0 Å². The van der Waals surface area contributed by atoms with E-state index in [4.69, 9.17) is 11.6 Å². The van der Waals surface area contributed by atoms with Gasteiger partial charge in [-0.1, -0.05) is 60.1 Å². The number of hydrogen-bond acceptors (Lipinski definition) is 3. The van der Waals surface area contributed by atoms with Crippen LogP contribution < -0.4 is 5.32 Å². The van der Waals surface area contributed by atoms with Crippen molar-refractivity contribution in [3.05, 3.63) is 95.3 Å². The first-order chi connectivity index (χ1) is 12.3.